The van der Waals surface area contributed by atoms with Gasteiger partial charge in [-0.05, 0) is 50.4 Å². The molecule has 6 N–H and O–H groups in total. The molecule has 176 valence electrons. The van der Waals surface area contributed by atoms with Crippen LogP contribution in [0.3, 0.4) is 0 Å². The third kappa shape index (κ3) is 7.57. The van der Waals surface area contributed by atoms with Crippen molar-refractivity contribution in [2.45, 2.75) is 50.2 Å². The van der Waals surface area contributed by atoms with Gasteiger partial charge < -0.3 is 26.6 Å². The standard InChI is InChI=1S/C21H31N5O6/c1-26-10-8-14(19(26)13-3-2-9-23-11-13)12-24-17(27)6-4-15(22)20(30)25-16(21(31)32)5-7-18(28)29/h2-3,9,11,14-16,19H,4-8,10,12,22H2,1H3,(H,24,27)(H,25,30)(H,28,29)(H,31,32)/t14?,15?,16?,19-/m1/s1. The lowest BCUT2D eigenvalue weighted by Gasteiger charge is -2.25. The maximum absolute atomic E-state index is 12.3. The van der Waals surface area contributed by atoms with Crippen molar-refractivity contribution in [3.8, 4) is 0 Å². The molecule has 0 spiro atoms. The minimum atomic E-state index is -1.35. The first kappa shape index (κ1) is 25.2. The van der Waals surface area contributed by atoms with E-state index in [2.05, 4.69) is 20.5 Å². The molecule has 11 nitrogen and oxygen atoms in total. The zero-order chi connectivity index (χ0) is 23.7. The normalized spacial score (nSPS) is 20.3. The Bertz CT molecular complexity index is 805. The second-order valence-electron chi connectivity index (χ2n) is 8.04. The van der Waals surface area contributed by atoms with Gasteiger partial charge in [-0.25, -0.2) is 4.79 Å². The zero-order valence-corrected chi connectivity index (χ0v) is 18.1. The van der Waals surface area contributed by atoms with E-state index in [9.17, 15) is 19.2 Å². The summed E-state index contributed by atoms with van der Waals surface area (Å²) in [4.78, 5) is 52.6. The van der Waals surface area contributed by atoms with E-state index < -0.39 is 36.4 Å². The van der Waals surface area contributed by atoms with Crippen LogP contribution in [0.4, 0.5) is 0 Å². The molecule has 0 aliphatic carbocycles. The number of likely N-dealkylation sites (tertiary alicyclic amines) is 1. The summed E-state index contributed by atoms with van der Waals surface area (Å²) in [5, 5.41) is 22.9. The first-order valence-electron chi connectivity index (χ1n) is 10.6. The summed E-state index contributed by atoms with van der Waals surface area (Å²) in [5.41, 5.74) is 6.89. The third-order valence-corrected chi connectivity index (χ3v) is 5.64. The number of nitrogens with one attached hydrogen (secondary N) is 2. The summed E-state index contributed by atoms with van der Waals surface area (Å²) in [6.07, 6.45) is 3.90. The number of rotatable bonds is 12. The molecule has 32 heavy (non-hydrogen) atoms. The van der Waals surface area contributed by atoms with Crippen LogP contribution >= 0.6 is 0 Å². The molecule has 0 bridgehead atoms. The molecule has 1 aromatic rings. The summed E-state index contributed by atoms with van der Waals surface area (Å²) in [6, 6.07) is 1.65. The average Bonchev–Trinajstić information content (AvgIpc) is 3.13. The maximum atomic E-state index is 12.3. The topological polar surface area (TPSA) is 175 Å². The Morgan fingerprint density at radius 2 is 2.00 bits per heavy atom. The van der Waals surface area contributed by atoms with Gasteiger partial charge in [0, 0.05) is 37.8 Å². The van der Waals surface area contributed by atoms with Crippen LogP contribution in [0.5, 0.6) is 0 Å². The van der Waals surface area contributed by atoms with Crippen LogP contribution in [0.2, 0.25) is 0 Å². The third-order valence-electron chi connectivity index (χ3n) is 5.64. The SMILES string of the molecule is CN1CCC(CNC(=O)CCC(N)C(=O)NC(CCC(=O)O)C(=O)O)[C@H]1c1cccnc1. The fourth-order valence-corrected chi connectivity index (χ4v) is 3.87. The maximum Gasteiger partial charge on any atom is 0.326 e. The molecule has 1 fully saturated rings. The van der Waals surface area contributed by atoms with E-state index in [1.165, 1.54) is 0 Å². The lowest BCUT2D eigenvalue weighted by atomic mass is 9.94. The van der Waals surface area contributed by atoms with Gasteiger partial charge in [0.15, 0.2) is 0 Å². The lowest BCUT2D eigenvalue weighted by Crippen LogP contribution is -2.48. The van der Waals surface area contributed by atoms with E-state index in [1.54, 1.807) is 6.20 Å². The first-order chi connectivity index (χ1) is 15.2. The monoisotopic (exact) mass is 449 g/mol. The van der Waals surface area contributed by atoms with Crippen LogP contribution in [0, 0.1) is 5.92 Å². The Hall–Kier alpha value is -3.05. The van der Waals surface area contributed by atoms with Crippen LogP contribution < -0.4 is 16.4 Å². The molecule has 2 rings (SSSR count). The highest BCUT2D eigenvalue weighted by atomic mass is 16.4. The highest BCUT2D eigenvalue weighted by Gasteiger charge is 2.33. The van der Waals surface area contributed by atoms with E-state index in [0.717, 1.165) is 18.5 Å². The van der Waals surface area contributed by atoms with Crippen molar-refractivity contribution < 1.29 is 29.4 Å². The van der Waals surface area contributed by atoms with E-state index >= 15 is 0 Å². The minimum Gasteiger partial charge on any atom is -0.481 e. The number of aromatic nitrogens is 1. The number of carbonyl (C=O) groups excluding carboxylic acids is 2. The van der Waals surface area contributed by atoms with Crippen molar-refractivity contribution in [1.82, 2.24) is 20.5 Å². The quantitative estimate of drug-likeness (QED) is 0.288. The van der Waals surface area contributed by atoms with E-state index in [-0.39, 0.29) is 37.1 Å². The molecule has 0 aromatic carbocycles. The van der Waals surface area contributed by atoms with Gasteiger partial charge in [-0.15, -0.1) is 0 Å². The summed E-state index contributed by atoms with van der Waals surface area (Å²) in [5.74, 6) is -3.24. The summed E-state index contributed by atoms with van der Waals surface area (Å²) in [7, 11) is 2.04. The van der Waals surface area contributed by atoms with Crippen LogP contribution in [0.25, 0.3) is 0 Å². The predicted octanol–water partition coefficient (Wildman–Crippen LogP) is -0.268. The van der Waals surface area contributed by atoms with Gasteiger partial charge >= 0.3 is 11.9 Å². The number of carbonyl (C=O) groups is 4. The van der Waals surface area contributed by atoms with Gasteiger partial charge in [0.2, 0.25) is 11.8 Å². The highest BCUT2D eigenvalue weighted by molar-refractivity contribution is 5.87. The number of pyridine rings is 1. The second kappa shape index (κ2) is 12.1. The first-order valence-corrected chi connectivity index (χ1v) is 10.6. The molecule has 1 aromatic heterocycles. The number of hydrogen-bond acceptors (Lipinski definition) is 7. The van der Waals surface area contributed by atoms with Crippen molar-refractivity contribution in [2.24, 2.45) is 11.7 Å². The number of nitrogens with zero attached hydrogens (tertiary/aromatic N) is 2. The lowest BCUT2D eigenvalue weighted by molar-refractivity contribution is -0.143. The number of carboxylic acid groups (broad SMARTS) is 2. The Labute approximate surface area is 186 Å². The molecule has 0 saturated carbocycles. The molecule has 0 radical (unpaired) electrons. The van der Waals surface area contributed by atoms with E-state index in [1.807, 2.05) is 25.4 Å². The zero-order valence-electron chi connectivity index (χ0n) is 18.1. The Morgan fingerprint density at radius 3 is 2.62 bits per heavy atom. The molecule has 4 atom stereocenters. The van der Waals surface area contributed by atoms with Gasteiger partial charge in [-0.3, -0.25) is 24.3 Å². The Kier molecular flexibility index (Phi) is 9.54. The Morgan fingerprint density at radius 1 is 1.25 bits per heavy atom. The summed E-state index contributed by atoms with van der Waals surface area (Å²) in [6.45, 7) is 1.40. The molecule has 1 saturated heterocycles. The summed E-state index contributed by atoms with van der Waals surface area (Å²) < 4.78 is 0. The molecule has 1 aliphatic heterocycles. The number of nitrogens with two attached hydrogens (primary N) is 1. The second-order valence-corrected chi connectivity index (χ2v) is 8.04. The molecule has 1 aliphatic rings. The van der Waals surface area contributed by atoms with Crippen LogP contribution in [0.1, 0.15) is 43.7 Å². The molecule has 2 heterocycles. The molecule has 2 amide bonds. The summed E-state index contributed by atoms with van der Waals surface area (Å²) >= 11 is 0. The minimum absolute atomic E-state index is 0.0154. The van der Waals surface area contributed by atoms with Crippen LogP contribution in [-0.4, -0.2) is 76.1 Å². The molecular weight excluding hydrogens is 418 g/mol. The van der Waals surface area contributed by atoms with Gasteiger partial charge in [-0.2, -0.15) is 0 Å². The Balaban J connectivity index is 1.77. The van der Waals surface area contributed by atoms with Gasteiger partial charge in [0.25, 0.3) is 0 Å². The van der Waals surface area contributed by atoms with Gasteiger partial charge in [0.1, 0.15) is 6.04 Å². The van der Waals surface area contributed by atoms with Crippen LogP contribution in [-0.2, 0) is 19.2 Å². The number of aliphatic carboxylic acids is 2. The van der Waals surface area contributed by atoms with E-state index in [4.69, 9.17) is 15.9 Å². The number of amides is 2. The van der Waals surface area contributed by atoms with Gasteiger partial charge in [0.05, 0.1) is 6.04 Å². The number of hydrogen-bond donors (Lipinski definition) is 5. The van der Waals surface area contributed by atoms with Crippen LogP contribution in [0.15, 0.2) is 24.5 Å². The largest absolute Gasteiger partial charge is 0.481 e. The van der Waals surface area contributed by atoms with Crippen molar-refractivity contribution in [1.29, 1.82) is 0 Å². The average molecular weight is 450 g/mol. The fraction of sp³-hybridized carbons (Fsp3) is 0.571. The highest BCUT2D eigenvalue weighted by Crippen LogP contribution is 2.35. The molecule has 11 heteroatoms. The fourth-order valence-electron chi connectivity index (χ4n) is 3.87. The molecular formula is C21H31N5O6. The predicted molar refractivity (Wildman–Crippen MR) is 114 cm³/mol. The van der Waals surface area contributed by atoms with Crippen molar-refractivity contribution in [3.05, 3.63) is 30.1 Å². The van der Waals surface area contributed by atoms with Crippen molar-refractivity contribution in [2.75, 3.05) is 20.1 Å². The van der Waals surface area contributed by atoms with Crippen molar-refractivity contribution in [3.63, 3.8) is 0 Å². The number of carboxylic acids is 2. The smallest absolute Gasteiger partial charge is 0.326 e. The van der Waals surface area contributed by atoms with Crippen molar-refractivity contribution >= 4 is 23.8 Å². The van der Waals surface area contributed by atoms with Gasteiger partial charge in [-0.1, -0.05) is 6.07 Å². The van der Waals surface area contributed by atoms with E-state index in [0.29, 0.717) is 6.54 Å². The molecule has 3 unspecified atom stereocenters.